The fourth-order valence-corrected chi connectivity index (χ4v) is 3.38. The van der Waals surface area contributed by atoms with Crippen LogP contribution in [0.4, 0.5) is 5.82 Å². The lowest BCUT2D eigenvalue weighted by molar-refractivity contribution is 0.482. The molecule has 128 valence electrons. The number of benzene rings is 1. The molecule has 0 bridgehead atoms. The SMILES string of the molecule is O=c1[nH]nc([C@H]2CCCN(c3ccc(Cl)nn3)C2)n1-c1ccccc1. The van der Waals surface area contributed by atoms with Crippen molar-refractivity contribution >= 4 is 17.4 Å². The average Bonchev–Trinajstić information content (AvgIpc) is 3.05. The van der Waals surface area contributed by atoms with Gasteiger partial charge in [0, 0.05) is 19.0 Å². The Bertz CT molecular complexity index is 905. The largest absolute Gasteiger partial charge is 0.354 e. The van der Waals surface area contributed by atoms with Gasteiger partial charge in [-0.25, -0.2) is 14.5 Å². The van der Waals surface area contributed by atoms with Gasteiger partial charge in [-0.2, -0.15) is 5.10 Å². The van der Waals surface area contributed by atoms with Crippen molar-refractivity contribution in [2.75, 3.05) is 18.0 Å². The van der Waals surface area contributed by atoms with E-state index in [0.29, 0.717) is 5.15 Å². The molecule has 0 spiro atoms. The second kappa shape index (κ2) is 6.68. The molecule has 3 aromatic rings. The molecule has 1 N–H and O–H groups in total. The number of hydrogen-bond donors (Lipinski definition) is 1. The Morgan fingerprint density at radius 1 is 1.12 bits per heavy atom. The molecule has 0 amide bonds. The Kier molecular flexibility index (Phi) is 4.23. The highest BCUT2D eigenvalue weighted by molar-refractivity contribution is 6.29. The number of H-pyrrole nitrogens is 1. The number of aromatic nitrogens is 5. The van der Waals surface area contributed by atoms with Crippen molar-refractivity contribution in [3.05, 3.63) is 63.9 Å². The van der Waals surface area contributed by atoms with Gasteiger partial charge in [0.2, 0.25) is 0 Å². The first-order valence-corrected chi connectivity index (χ1v) is 8.57. The van der Waals surface area contributed by atoms with Crippen LogP contribution in [0.1, 0.15) is 24.6 Å². The summed E-state index contributed by atoms with van der Waals surface area (Å²) in [5, 5.41) is 15.3. The van der Waals surface area contributed by atoms with Crippen molar-refractivity contribution in [2.45, 2.75) is 18.8 Å². The van der Waals surface area contributed by atoms with Gasteiger partial charge in [-0.3, -0.25) is 0 Å². The maximum Gasteiger partial charge on any atom is 0.347 e. The van der Waals surface area contributed by atoms with Gasteiger partial charge >= 0.3 is 5.69 Å². The van der Waals surface area contributed by atoms with Crippen molar-refractivity contribution in [1.29, 1.82) is 0 Å². The van der Waals surface area contributed by atoms with Crippen LogP contribution in [0.3, 0.4) is 0 Å². The number of para-hydroxylation sites is 1. The molecule has 0 saturated carbocycles. The molecule has 1 saturated heterocycles. The van der Waals surface area contributed by atoms with Crippen LogP contribution in [0.25, 0.3) is 5.69 Å². The fraction of sp³-hybridized carbons (Fsp3) is 0.294. The fourth-order valence-electron chi connectivity index (χ4n) is 3.28. The molecule has 25 heavy (non-hydrogen) atoms. The number of rotatable bonds is 3. The molecule has 1 fully saturated rings. The van der Waals surface area contributed by atoms with Crippen LogP contribution in [0.15, 0.2) is 47.3 Å². The highest BCUT2D eigenvalue weighted by Crippen LogP contribution is 2.28. The molecular weight excluding hydrogens is 340 g/mol. The minimum absolute atomic E-state index is 0.130. The lowest BCUT2D eigenvalue weighted by atomic mass is 9.97. The van der Waals surface area contributed by atoms with Gasteiger partial charge in [0.15, 0.2) is 11.0 Å². The second-order valence-electron chi connectivity index (χ2n) is 6.06. The number of aromatic amines is 1. The summed E-state index contributed by atoms with van der Waals surface area (Å²) in [6, 6.07) is 13.2. The van der Waals surface area contributed by atoms with Gasteiger partial charge in [0.05, 0.1) is 5.69 Å². The summed E-state index contributed by atoms with van der Waals surface area (Å²) < 4.78 is 1.65. The van der Waals surface area contributed by atoms with Crippen LogP contribution < -0.4 is 10.6 Å². The van der Waals surface area contributed by atoms with Gasteiger partial charge in [0.1, 0.15) is 5.82 Å². The third-order valence-corrected chi connectivity index (χ3v) is 4.64. The molecule has 1 aliphatic heterocycles. The monoisotopic (exact) mass is 356 g/mol. The third-order valence-electron chi connectivity index (χ3n) is 4.44. The molecule has 7 nitrogen and oxygen atoms in total. The highest BCUT2D eigenvalue weighted by atomic mass is 35.5. The van der Waals surface area contributed by atoms with Gasteiger partial charge in [-0.1, -0.05) is 29.8 Å². The zero-order valence-corrected chi connectivity index (χ0v) is 14.2. The zero-order valence-electron chi connectivity index (χ0n) is 13.5. The summed E-state index contributed by atoms with van der Waals surface area (Å²) in [6.45, 7) is 1.63. The number of anilines is 1. The Morgan fingerprint density at radius 2 is 1.96 bits per heavy atom. The van der Waals surface area contributed by atoms with Crippen LogP contribution in [0.5, 0.6) is 0 Å². The Balaban J connectivity index is 1.64. The van der Waals surface area contributed by atoms with E-state index in [-0.39, 0.29) is 11.6 Å². The topological polar surface area (TPSA) is 79.7 Å². The summed E-state index contributed by atoms with van der Waals surface area (Å²) >= 11 is 5.82. The first-order chi connectivity index (χ1) is 12.2. The van der Waals surface area contributed by atoms with Crippen LogP contribution >= 0.6 is 11.6 Å². The minimum atomic E-state index is -0.218. The zero-order chi connectivity index (χ0) is 17.2. The minimum Gasteiger partial charge on any atom is -0.354 e. The molecular formula is C17H17ClN6O. The molecule has 0 aliphatic carbocycles. The Morgan fingerprint density at radius 3 is 2.72 bits per heavy atom. The lowest BCUT2D eigenvalue weighted by Crippen LogP contribution is -2.36. The predicted molar refractivity (Wildman–Crippen MR) is 95.4 cm³/mol. The summed E-state index contributed by atoms with van der Waals surface area (Å²) in [5.41, 5.74) is 0.601. The van der Waals surface area contributed by atoms with E-state index in [4.69, 9.17) is 11.6 Å². The highest BCUT2D eigenvalue weighted by Gasteiger charge is 2.27. The van der Waals surface area contributed by atoms with E-state index < -0.39 is 0 Å². The smallest absolute Gasteiger partial charge is 0.347 e. The standard InChI is InChI=1S/C17H17ClN6O/c18-14-8-9-15(20-19-14)23-10-4-5-12(11-23)16-21-22-17(25)24(16)13-6-2-1-3-7-13/h1-3,6-9,12H,4-5,10-11H2,(H,22,25)/t12-/m0/s1. The van der Waals surface area contributed by atoms with Gasteiger partial charge in [-0.15, -0.1) is 10.2 Å². The van der Waals surface area contributed by atoms with Crippen molar-refractivity contribution < 1.29 is 0 Å². The normalized spacial score (nSPS) is 17.6. The summed E-state index contributed by atoms with van der Waals surface area (Å²) in [7, 11) is 0. The van der Waals surface area contributed by atoms with E-state index in [9.17, 15) is 4.79 Å². The molecule has 0 radical (unpaired) electrons. The molecule has 0 unspecified atom stereocenters. The van der Waals surface area contributed by atoms with E-state index in [1.807, 2.05) is 36.4 Å². The first kappa shape index (κ1) is 15.8. The van der Waals surface area contributed by atoms with Crippen LogP contribution in [0.2, 0.25) is 5.15 Å². The summed E-state index contributed by atoms with van der Waals surface area (Å²) in [6.07, 6.45) is 1.96. The lowest BCUT2D eigenvalue weighted by Gasteiger charge is -2.32. The van der Waals surface area contributed by atoms with E-state index >= 15 is 0 Å². The van der Waals surface area contributed by atoms with E-state index in [1.54, 1.807) is 10.6 Å². The number of piperidine rings is 1. The molecule has 1 aliphatic rings. The maximum absolute atomic E-state index is 12.3. The first-order valence-electron chi connectivity index (χ1n) is 8.19. The summed E-state index contributed by atoms with van der Waals surface area (Å²) in [5.74, 6) is 1.67. The van der Waals surface area contributed by atoms with Gasteiger partial charge in [0.25, 0.3) is 0 Å². The van der Waals surface area contributed by atoms with Crippen molar-refractivity contribution in [3.8, 4) is 5.69 Å². The maximum atomic E-state index is 12.3. The van der Waals surface area contributed by atoms with Gasteiger partial charge < -0.3 is 4.90 Å². The van der Waals surface area contributed by atoms with E-state index in [1.165, 1.54) is 0 Å². The Labute approximate surface area is 149 Å². The van der Waals surface area contributed by atoms with E-state index in [2.05, 4.69) is 25.3 Å². The van der Waals surface area contributed by atoms with Crippen LogP contribution in [-0.4, -0.2) is 38.1 Å². The van der Waals surface area contributed by atoms with Gasteiger partial charge in [-0.05, 0) is 37.1 Å². The summed E-state index contributed by atoms with van der Waals surface area (Å²) in [4.78, 5) is 14.4. The van der Waals surface area contributed by atoms with Crippen molar-refractivity contribution in [1.82, 2.24) is 25.0 Å². The number of nitrogens with one attached hydrogen (secondary N) is 1. The molecule has 3 heterocycles. The van der Waals surface area contributed by atoms with Crippen molar-refractivity contribution in [2.24, 2.45) is 0 Å². The third kappa shape index (κ3) is 3.15. The van der Waals surface area contributed by atoms with E-state index in [0.717, 1.165) is 43.3 Å². The number of halogens is 1. The molecule has 4 rings (SSSR count). The molecule has 8 heteroatoms. The molecule has 1 atom stereocenters. The molecule has 1 aromatic carbocycles. The van der Waals surface area contributed by atoms with Crippen LogP contribution in [0, 0.1) is 0 Å². The Hall–Kier alpha value is -2.67. The average molecular weight is 357 g/mol. The van der Waals surface area contributed by atoms with Crippen LogP contribution in [-0.2, 0) is 0 Å². The number of hydrogen-bond acceptors (Lipinski definition) is 5. The predicted octanol–water partition coefficient (Wildman–Crippen LogP) is 2.39. The van der Waals surface area contributed by atoms with Crippen molar-refractivity contribution in [3.63, 3.8) is 0 Å². The quantitative estimate of drug-likeness (QED) is 0.779. The number of nitrogens with zero attached hydrogens (tertiary/aromatic N) is 5. The second-order valence-corrected chi connectivity index (χ2v) is 6.44. The molecule has 2 aromatic heterocycles.